The molecular formula is C22H18O3. The number of phenols is 3. The molecule has 0 radical (unpaired) electrons. The van der Waals surface area contributed by atoms with Gasteiger partial charge in [-0.05, 0) is 35.2 Å². The number of phenolic OH excluding ortho intramolecular Hbond substituents is 3. The summed E-state index contributed by atoms with van der Waals surface area (Å²) in [5.41, 5.74) is 1.92. The lowest BCUT2D eigenvalue weighted by Crippen LogP contribution is -1.80. The molecule has 4 aromatic rings. The Balaban J connectivity index is 0.000000192. The van der Waals surface area contributed by atoms with Gasteiger partial charge in [-0.15, -0.1) is 0 Å². The van der Waals surface area contributed by atoms with Gasteiger partial charge in [0.2, 0.25) is 0 Å². The summed E-state index contributed by atoms with van der Waals surface area (Å²) in [7, 11) is 0. The summed E-state index contributed by atoms with van der Waals surface area (Å²) in [6.45, 7) is 0. The van der Waals surface area contributed by atoms with Crippen LogP contribution in [0.15, 0.2) is 91.0 Å². The standard InChI is InChI=1S/C16H12O.C6H6O2/c17-16-14-9-5-4-8-13(14)10-11-15(16)12-6-2-1-3-7-12;7-5-1-2-6(8)4-3-5/h1-11,17H;1-4,7-8H. The van der Waals surface area contributed by atoms with Crippen molar-refractivity contribution in [3.63, 3.8) is 0 Å². The van der Waals surface area contributed by atoms with Crippen LogP contribution in [0, 0.1) is 0 Å². The summed E-state index contributed by atoms with van der Waals surface area (Å²) in [4.78, 5) is 0. The van der Waals surface area contributed by atoms with Crippen LogP contribution in [0.5, 0.6) is 17.2 Å². The maximum Gasteiger partial charge on any atom is 0.131 e. The van der Waals surface area contributed by atoms with E-state index in [0.717, 1.165) is 21.9 Å². The summed E-state index contributed by atoms with van der Waals surface area (Å²) in [5.74, 6) is 0.694. The van der Waals surface area contributed by atoms with Gasteiger partial charge in [0.1, 0.15) is 17.2 Å². The molecule has 4 rings (SSSR count). The maximum atomic E-state index is 10.3. The third-order valence-corrected chi connectivity index (χ3v) is 3.84. The Morgan fingerprint density at radius 3 is 1.68 bits per heavy atom. The zero-order chi connectivity index (χ0) is 17.6. The fourth-order valence-corrected chi connectivity index (χ4v) is 2.56. The summed E-state index contributed by atoms with van der Waals surface area (Å²) in [5, 5.41) is 29.6. The Bertz CT molecular complexity index is 940. The normalized spacial score (nSPS) is 10.1. The van der Waals surface area contributed by atoms with Crippen molar-refractivity contribution in [2.75, 3.05) is 0 Å². The van der Waals surface area contributed by atoms with E-state index in [9.17, 15) is 5.11 Å². The molecule has 25 heavy (non-hydrogen) atoms. The molecule has 124 valence electrons. The van der Waals surface area contributed by atoms with Crippen molar-refractivity contribution < 1.29 is 15.3 Å². The van der Waals surface area contributed by atoms with E-state index >= 15 is 0 Å². The minimum atomic E-state index is 0.169. The first-order chi connectivity index (χ1) is 12.1. The molecule has 0 fully saturated rings. The van der Waals surface area contributed by atoms with Crippen LogP contribution in [0.25, 0.3) is 21.9 Å². The van der Waals surface area contributed by atoms with Crippen LogP contribution in [0.1, 0.15) is 0 Å². The topological polar surface area (TPSA) is 60.7 Å². The van der Waals surface area contributed by atoms with Gasteiger partial charge in [-0.1, -0.05) is 66.7 Å². The van der Waals surface area contributed by atoms with Gasteiger partial charge in [0.25, 0.3) is 0 Å². The Hall–Kier alpha value is -3.46. The van der Waals surface area contributed by atoms with Crippen molar-refractivity contribution in [2.24, 2.45) is 0 Å². The number of hydrogen-bond acceptors (Lipinski definition) is 3. The van der Waals surface area contributed by atoms with Gasteiger partial charge in [-0.2, -0.15) is 0 Å². The zero-order valence-corrected chi connectivity index (χ0v) is 13.5. The highest BCUT2D eigenvalue weighted by atomic mass is 16.3. The summed E-state index contributed by atoms with van der Waals surface area (Å²) in [6, 6.07) is 27.5. The number of hydrogen-bond donors (Lipinski definition) is 3. The Morgan fingerprint density at radius 1 is 0.480 bits per heavy atom. The van der Waals surface area contributed by atoms with Gasteiger partial charge in [-0.25, -0.2) is 0 Å². The van der Waals surface area contributed by atoms with Crippen LogP contribution in [-0.2, 0) is 0 Å². The summed E-state index contributed by atoms with van der Waals surface area (Å²) >= 11 is 0. The maximum absolute atomic E-state index is 10.3. The lowest BCUT2D eigenvalue weighted by molar-refractivity contribution is 0.460. The summed E-state index contributed by atoms with van der Waals surface area (Å²) in [6.07, 6.45) is 0. The molecule has 0 atom stereocenters. The highest BCUT2D eigenvalue weighted by molar-refractivity contribution is 5.94. The molecule has 3 N–H and O–H groups in total. The minimum absolute atomic E-state index is 0.169. The Morgan fingerprint density at radius 2 is 1.04 bits per heavy atom. The molecule has 0 aliphatic rings. The van der Waals surface area contributed by atoms with Gasteiger partial charge in [-0.3, -0.25) is 0 Å². The van der Waals surface area contributed by atoms with E-state index in [1.54, 1.807) is 0 Å². The van der Waals surface area contributed by atoms with Crippen molar-refractivity contribution in [3.05, 3.63) is 91.0 Å². The number of rotatable bonds is 1. The van der Waals surface area contributed by atoms with Crippen molar-refractivity contribution >= 4 is 10.8 Å². The first-order valence-corrected chi connectivity index (χ1v) is 7.89. The average molecular weight is 330 g/mol. The number of fused-ring (bicyclic) bond motifs is 1. The van der Waals surface area contributed by atoms with Gasteiger partial charge in [0.05, 0.1) is 0 Å². The third-order valence-electron chi connectivity index (χ3n) is 3.84. The SMILES string of the molecule is Oc1c(-c2ccccc2)ccc2ccccc12.Oc1ccc(O)cc1. The zero-order valence-electron chi connectivity index (χ0n) is 13.5. The van der Waals surface area contributed by atoms with Gasteiger partial charge in [0, 0.05) is 10.9 Å². The minimum Gasteiger partial charge on any atom is -0.508 e. The van der Waals surface area contributed by atoms with Crippen LogP contribution in [-0.4, -0.2) is 15.3 Å². The molecule has 0 unspecified atom stereocenters. The second-order valence-electron chi connectivity index (χ2n) is 5.57. The van der Waals surface area contributed by atoms with Crippen LogP contribution in [0.3, 0.4) is 0 Å². The first-order valence-electron chi connectivity index (χ1n) is 7.89. The molecule has 4 aromatic carbocycles. The van der Waals surface area contributed by atoms with E-state index in [1.807, 2.05) is 66.7 Å². The van der Waals surface area contributed by atoms with E-state index < -0.39 is 0 Å². The highest BCUT2D eigenvalue weighted by Gasteiger charge is 2.07. The third kappa shape index (κ3) is 3.90. The lowest BCUT2D eigenvalue weighted by Gasteiger charge is -2.07. The van der Waals surface area contributed by atoms with Crippen molar-refractivity contribution in [3.8, 4) is 28.4 Å². The molecular weight excluding hydrogens is 312 g/mol. The van der Waals surface area contributed by atoms with E-state index in [1.165, 1.54) is 24.3 Å². The smallest absolute Gasteiger partial charge is 0.131 e. The molecule has 0 heterocycles. The fraction of sp³-hybridized carbons (Fsp3) is 0. The Labute approximate surface area is 146 Å². The first kappa shape index (κ1) is 16.4. The molecule has 0 aliphatic carbocycles. The van der Waals surface area contributed by atoms with Gasteiger partial charge in [0.15, 0.2) is 0 Å². The molecule has 0 aromatic heterocycles. The number of benzene rings is 4. The molecule has 0 amide bonds. The van der Waals surface area contributed by atoms with Crippen molar-refractivity contribution in [1.29, 1.82) is 0 Å². The molecule has 3 nitrogen and oxygen atoms in total. The molecule has 0 spiro atoms. The average Bonchev–Trinajstić information content (AvgIpc) is 2.66. The number of aromatic hydroxyl groups is 3. The summed E-state index contributed by atoms with van der Waals surface area (Å²) < 4.78 is 0. The monoisotopic (exact) mass is 330 g/mol. The highest BCUT2D eigenvalue weighted by Crippen LogP contribution is 2.35. The molecule has 0 aliphatic heterocycles. The van der Waals surface area contributed by atoms with Crippen LogP contribution in [0.2, 0.25) is 0 Å². The molecule has 0 saturated heterocycles. The quantitative estimate of drug-likeness (QED) is 0.414. The van der Waals surface area contributed by atoms with Crippen LogP contribution in [0.4, 0.5) is 0 Å². The molecule has 0 saturated carbocycles. The van der Waals surface area contributed by atoms with E-state index in [4.69, 9.17) is 10.2 Å². The largest absolute Gasteiger partial charge is 0.508 e. The van der Waals surface area contributed by atoms with Gasteiger partial charge >= 0.3 is 0 Å². The predicted octanol–water partition coefficient (Wildman–Crippen LogP) is 5.31. The second kappa shape index (κ2) is 7.41. The molecule has 3 heteroatoms. The van der Waals surface area contributed by atoms with E-state index in [2.05, 4.69) is 0 Å². The van der Waals surface area contributed by atoms with E-state index in [0.29, 0.717) is 5.75 Å². The lowest BCUT2D eigenvalue weighted by atomic mass is 10.00. The van der Waals surface area contributed by atoms with Crippen molar-refractivity contribution in [1.82, 2.24) is 0 Å². The fourth-order valence-electron chi connectivity index (χ4n) is 2.56. The Kier molecular flexibility index (Phi) is 4.86. The van der Waals surface area contributed by atoms with E-state index in [-0.39, 0.29) is 11.5 Å². The van der Waals surface area contributed by atoms with Crippen LogP contribution >= 0.6 is 0 Å². The van der Waals surface area contributed by atoms with Gasteiger partial charge < -0.3 is 15.3 Å². The van der Waals surface area contributed by atoms with Crippen molar-refractivity contribution in [2.45, 2.75) is 0 Å². The predicted molar refractivity (Wildman–Crippen MR) is 101 cm³/mol. The second-order valence-corrected chi connectivity index (χ2v) is 5.57. The van der Waals surface area contributed by atoms with Crippen LogP contribution < -0.4 is 0 Å². The molecule has 0 bridgehead atoms.